The van der Waals surface area contributed by atoms with Gasteiger partial charge in [0.15, 0.2) is 17.6 Å². The third-order valence-corrected chi connectivity index (χ3v) is 8.46. The molecule has 2 bridgehead atoms. The second-order valence-electron chi connectivity index (χ2n) is 10.7. The molecular formula is C27H34N2O7. The van der Waals surface area contributed by atoms with Crippen LogP contribution in [0.5, 0.6) is 11.5 Å². The Balaban J connectivity index is 1.34. The van der Waals surface area contributed by atoms with Crippen LogP contribution in [-0.2, 0) is 31.0 Å². The van der Waals surface area contributed by atoms with Crippen LogP contribution in [0.1, 0.15) is 50.7 Å². The third kappa shape index (κ3) is 3.75. The van der Waals surface area contributed by atoms with Gasteiger partial charge in [-0.15, -0.1) is 0 Å². The lowest BCUT2D eigenvalue weighted by Gasteiger charge is -2.56. The van der Waals surface area contributed by atoms with Crippen LogP contribution in [-0.4, -0.2) is 66.7 Å². The van der Waals surface area contributed by atoms with Gasteiger partial charge in [0, 0.05) is 23.4 Å². The van der Waals surface area contributed by atoms with Crippen molar-refractivity contribution in [2.24, 2.45) is 11.8 Å². The first-order valence-corrected chi connectivity index (χ1v) is 12.7. The minimum Gasteiger partial charge on any atom is -0.493 e. The molecular weight excluding hydrogens is 464 g/mol. The summed E-state index contributed by atoms with van der Waals surface area (Å²) in [6, 6.07) is 3.48. The molecule has 1 spiro atoms. The largest absolute Gasteiger partial charge is 0.493 e. The Hall–Kier alpha value is -3.07. The van der Waals surface area contributed by atoms with Gasteiger partial charge in [-0.2, -0.15) is 0 Å². The molecule has 2 aliphatic carbocycles. The molecule has 1 aromatic rings. The van der Waals surface area contributed by atoms with E-state index in [0.717, 1.165) is 31.6 Å². The summed E-state index contributed by atoms with van der Waals surface area (Å²) in [6.07, 6.45) is 3.88. The SMILES string of the molecule is COc1ccc2c3c1OC1C(OC(=O)CCC(=O)N[C@H](C(=O)O)C(C)C)=CCC4[C@@H](C2)N(C)CC[C@]314. The van der Waals surface area contributed by atoms with Crippen LogP contribution >= 0.6 is 0 Å². The summed E-state index contributed by atoms with van der Waals surface area (Å²) in [4.78, 5) is 38.9. The average molecular weight is 499 g/mol. The average Bonchev–Trinajstić information content (AvgIpc) is 3.19. The Morgan fingerprint density at radius 2 is 2.06 bits per heavy atom. The van der Waals surface area contributed by atoms with E-state index in [4.69, 9.17) is 14.2 Å². The molecule has 36 heavy (non-hydrogen) atoms. The number of likely N-dealkylation sites (N-methyl/N-ethyl adjacent to an activating group) is 1. The lowest BCUT2D eigenvalue weighted by Crippen LogP contribution is -2.63. The van der Waals surface area contributed by atoms with E-state index < -0.39 is 30.0 Å². The fourth-order valence-electron chi connectivity index (χ4n) is 6.72. The van der Waals surface area contributed by atoms with Crippen LogP contribution in [0, 0.1) is 11.8 Å². The number of likely N-dealkylation sites (tertiary alicyclic amines) is 1. The van der Waals surface area contributed by atoms with Gasteiger partial charge >= 0.3 is 11.9 Å². The molecule has 0 radical (unpaired) electrons. The second kappa shape index (κ2) is 9.10. The molecule has 5 atom stereocenters. The zero-order valence-corrected chi connectivity index (χ0v) is 21.2. The predicted octanol–water partition coefficient (Wildman–Crippen LogP) is 2.41. The molecule has 9 heteroatoms. The van der Waals surface area contributed by atoms with Gasteiger partial charge in [0.2, 0.25) is 5.91 Å². The maximum absolute atomic E-state index is 12.8. The number of hydrogen-bond donors (Lipinski definition) is 2. The van der Waals surface area contributed by atoms with E-state index >= 15 is 0 Å². The Bertz CT molecular complexity index is 1130. The monoisotopic (exact) mass is 498 g/mol. The molecule has 1 aromatic carbocycles. The maximum atomic E-state index is 12.8. The summed E-state index contributed by atoms with van der Waals surface area (Å²) in [6.45, 7) is 4.36. The van der Waals surface area contributed by atoms with Gasteiger partial charge in [-0.25, -0.2) is 4.79 Å². The summed E-state index contributed by atoms with van der Waals surface area (Å²) in [5, 5.41) is 11.8. The first-order chi connectivity index (χ1) is 17.2. The lowest BCUT2D eigenvalue weighted by molar-refractivity contribution is -0.145. The first kappa shape index (κ1) is 24.6. The van der Waals surface area contributed by atoms with Gasteiger partial charge in [0.25, 0.3) is 0 Å². The van der Waals surface area contributed by atoms with Crippen molar-refractivity contribution in [3.05, 3.63) is 35.1 Å². The Morgan fingerprint density at radius 3 is 2.75 bits per heavy atom. The number of amides is 1. The number of rotatable bonds is 8. The highest BCUT2D eigenvalue weighted by molar-refractivity contribution is 5.86. The molecule has 0 saturated carbocycles. The van der Waals surface area contributed by atoms with Gasteiger partial charge in [-0.1, -0.05) is 19.9 Å². The Labute approximate surface area is 210 Å². The minimum absolute atomic E-state index is 0.146. The van der Waals surface area contributed by atoms with E-state index in [1.807, 2.05) is 12.1 Å². The second-order valence-corrected chi connectivity index (χ2v) is 10.7. The number of carbonyl (C=O) groups is 3. The number of aliphatic carboxylic acids is 1. The number of esters is 1. The topological polar surface area (TPSA) is 114 Å². The van der Waals surface area contributed by atoms with Crippen LogP contribution in [0.15, 0.2) is 24.0 Å². The van der Waals surface area contributed by atoms with Crippen LogP contribution < -0.4 is 14.8 Å². The number of benzene rings is 1. The molecule has 2 heterocycles. The molecule has 1 fully saturated rings. The van der Waals surface area contributed by atoms with Gasteiger partial charge in [-0.05, 0) is 62.4 Å². The van der Waals surface area contributed by atoms with Crippen molar-refractivity contribution in [2.45, 2.75) is 69.6 Å². The molecule has 4 aliphatic rings. The van der Waals surface area contributed by atoms with Crippen molar-refractivity contribution in [3.63, 3.8) is 0 Å². The maximum Gasteiger partial charge on any atom is 0.326 e. The van der Waals surface area contributed by atoms with E-state index in [1.165, 1.54) is 11.1 Å². The molecule has 5 rings (SSSR count). The van der Waals surface area contributed by atoms with Crippen molar-refractivity contribution < 1.29 is 33.7 Å². The van der Waals surface area contributed by atoms with Gasteiger partial charge < -0.3 is 29.5 Å². The third-order valence-electron chi connectivity index (χ3n) is 8.46. The first-order valence-electron chi connectivity index (χ1n) is 12.7. The van der Waals surface area contributed by atoms with Gasteiger partial charge in [0.05, 0.1) is 13.5 Å². The fraction of sp³-hybridized carbons (Fsp3) is 0.593. The molecule has 2 unspecified atom stereocenters. The summed E-state index contributed by atoms with van der Waals surface area (Å²) in [5.41, 5.74) is 2.20. The highest BCUT2D eigenvalue weighted by Crippen LogP contribution is 2.63. The number of carbonyl (C=O) groups excluding carboxylic acids is 2. The molecule has 194 valence electrons. The Morgan fingerprint density at radius 1 is 1.28 bits per heavy atom. The number of methoxy groups -OCH3 is 1. The number of nitrogens with one attached hydrogen (secondary N) is 1. The molecule has 1 amide bonds. The van der Waals surface area contributed by atoms with Crippen molar-refractivity contribution in [1.29, 1.82) is 0 Å². The standard InChI is InChI=1S/C27H34N2O7/c1-14(2)23(26(32)33)28-20(30)9-10-21(31)35-19-8-6-16-17-13-15-5-7-18(34-4)24-22(15)27(16,25(19)36-24)11-12-29(17)3/h5,7-8,14,16-17,23,25H,6,9-13H2,1-4H3,(H,28,30)(H,32,33)/t16?,17-,23+,25?,27+/m1/s1. The molecule has 1 saturated heterocycles. The van der Waals surface area contributed by atoms with Gasteiger partial charge in [0.1, 0.15) is 11.8 Å². The number of ether oxygens (including phenoxy) is 3. The normalized spacial score (nSPS) is 28.5. The molecule has 0 aromatic heterocycles. The van der Waals surface area contributed by atoms with Gasteiger partial charge in [-0.3, -0.25) is 9.59 Å². The highest BCUT2D eigenvalue weighted by atomic mass is 16.6. The van der Waals surface area contributed by atoms with Crippen LogP contribution in [0.3, 0.4) is 0 Å². The molecule has 9 nitrogen and oxygen atoms in total. The number of piperidine rings is 1. The zero-order valence-electron chi connectivity index (χ0n) is 21.2. The number of nitrogens with zero attached hydrogens (tertiary/aromatic N) is 1. The predicted molar refractivity (Wildman–Crippen MR) is 130 cm³/mol. The number of allylic oxidation sites excluding steroid dienone is 1. The smallest absolute Gasteiger partial charge is 0.326 e. The van der Waals surface area contributed by atoms with E-state index in [0.29, 0.717) is 23.5 Å². The number of carboxylic acid groups (broad SMARTS) is 1. The van der Waals surface area contributed by atoms with Crippen molar-refractivity contribution in [1.82, 2.24) is 10.2 Å². The minimum atomic E-state index is -1.10. The highest BCUT2D eigenvalue weighted by Gasteiger charge is 2.64. The number of carboxylic acids is 1. The van der Waals surface area contributed by atoms with Crippen LogP contribution in [0.2, 0.25) is 0 Å². The van der Waals surface area contributed by atoms with E-state index in [1.54, 1.807) is 21.0 Å². The van der Waals surface area contributed by atoms with Crippen LogP contribution in [0.4, 0.5) is 0 Å². The fourth-order valence-corrected chi connectivity index (χ4v) is 6.72. The lowest BCUT2D eigenvalue weighted by atomic mass is 9.53. The van der Waals surface area contributed by atoms with Crippen molar-refractivity contribution in [3.8, 4) is 11.5 Å². The summed E-state index contributed by atoms with van der Waals surface area (Å²) < 4.78 is 18.0. The summed E-state index contributed by atoms with van der Waals surface area (Å²) in [5.74, 6) is -0.105. The Kier molecular flexibility index (Phi) is 6.22. The van der Waals surface area contributed by atoms with E-state index in [-0.39, 0.29) is 24.2 Å². The summed E-state index contributed by atoms with van der Waals surface area (Å²) in [7, 11) is 3.81. The zero-order chi connectivity index (χ0) is 25.8. The van der Waals surface area contributed by atoms with E-state index in [9.17, 15) is 19.5 Å². The molecule has 2 aliphatic heterocycles. The van der Waals surface area contributed by atoms with Crippen molar-refractivity contribution >= 4 is 17.8 Å². The van der Waals surface area contributed by atoms with Crippen LogP contribution in [0.25, 0.3) is 0 Å². The summed E-state index contributed by atoms with van der Waals surface area (Å²) >= 11 is 0. The quantitative estimate of drug-likeness (QED) is 0.526. The number of hydrogen-bond acceptors (Lipinski definition) is 7. The van der Waals surface area contributed by atoms with E-state index in [2.05, 4.69) is 23.3 Å². The van der Waals surface area contributed by atoms with Crippen molar-refractivity contribution in [2.75, 3.05) is 20.7 Å². The molecule has 2 N–H and O–H groups in total.